The fourth-order valence-corrected chi connectivity index (χ4v) is 1.08. The normalized spacial score (nSPS) is 9.92. The van der Waals surface area contributed by atoms with Crippen LogP contribution in [0, 0.1) is 0 Å². The van der Waals surface area contributed by atoms with Crippen LogP contribution in [-0.4, -0.2) is 22.3 Å². The van der Waals surface area contributed by atoms with E-state index in [0.717, 1.165) is 11.3 Å². The van der Waals surface area contributed by atoms with Gasteiger partial charge in [0.15, 0.2) is 0 Å². The van der Waals surface area contributed by atoms with Gasteiger partial charge in [-0.2, -0.15) is 5.10 Å². The SMILES string of the molecule is COc1cc(-c2ccncc2)n[nH]1. The number of nitrogens with one attached hydrogen (secondary N) is 1. The van der Waals surface area contributed by atoms with E-state index in [2.05, 4.69) is 15.2 Å². The van der Waals surface area contributed by atoms with Crippen molar-refractivity contribution in [2.24, 2.45) is 0 Å². The molecule has 0 bridgehead atoms. The van der Waals surface area contributed by atoms with Gasteiger partial charge in [0, 0.05) is 24.0 Å². The lowest BCUT2D eigenvalue weighted by Gasteiger charge is -1.91. The van der Waals surface area contributed by atoms with Crippen LogP contribution in [0.1, 0.15) is 0 Å². The van der Waals surface area contributed by atoms with Crippen LogP contribution in [0.2, 0.25) is 0 Å². The molecule has 0 saturated carbocycles. The highest BCUT2D eigenvalue weighted by Crippen LogP contribution is 2.18. The maximum atomic E-state index is 4.98. The van der Waals surface area contributed by atoms with E-state index < -0.39 is 0 Å². The molecule has 0 radical (unpaired) electrons. The van der Waals surface area contributed by atoms with Gasteiger partial charge in [0.05, 0.1) is 12.8 Å². The molecule has 0 aliphatic heterocycles. The molecule has 13 heavy (non-hydrogen) atoms. The van der Waals surface area contributed by atoms with Gasteiger partial charge in [0.25, 0.3) is 0 Å². The van der Waals surface area contributed by atoms with Gasteiger partial charge < -0.3 is 4.74 Å². The van der Waals surface area contributed by atoms with Crippen LogP contribution in [0.5, 0.6) is 5.88 Å². The van der Waals surface area contributed by atoms with Crippen molar-refractivity contribution in [1.82, 2.24) is 15.2 Å². The van der Waals surface area contributed by atoms with E-state index in [-0.39, 0.29) is 0 Å². The molecular formula is C9H9N3O. The number of hydrogen-bond acceptors (Lipinski definition) is 3. The highest BCUT2D eigenvalue weighted by atomic mass is 16.5. The summed E-state index contributed by atoms with van der Waals surface area (Å²) < 4.78 is 4.98. The van der Waals surface area contributed by atoms with Crippen molar-refractivity contribution in [2.45, 2.75) is 0 Å². The van der Waals surface area contributed by atoms with E-state index in [0.29, 0.717) is 5.88 Å². The van der Waals surface area contributed by atoms with Crippen LogP contribution in [0.15, 0.2) is 30.6 Å². The van der Waals surface area contributed by atoms with Crippen molar-refractivity contribution >= 4 is 0 Å². The molecule has 0 unspecified atom stereocenters. The minimum Gasteiger partial charge on any atom is -0.481 e. The van der Waals surface area contributed by atoms with Gasteiger partial charge >= 0.3 is 0 Å². The van der Waals surface area contributed by atoms with Crippen molar-refractivity contribution < 1.29 is 4.74 Å². The molecule has 4 nitrogen and oxygen atoms in total. The Bertz CT molecular complexity index is 383. The Balaban J connectivity index is 2.36. The van der Waals surface area contributed by atoms with Crippen molar-refractivity contribution in [1.29, 1.82) is 0 Å². The standard InChI is InChI=1S/C9H9N3O/c1-13-9-6-8(11-12-9)7-2-4-10-5-3-7/h2-6H,1H3,(H,11,12). The van der Waals surface area contributed by atoms with E-state index in [9.17, 15) is 0 Å². The fraction of sp³-hybridized carbons (Fsp3) is 0.111. The van der Waals surface area contributed by atoms with E-state index in [1.807, 2.05) is 18.2 Å². The number of ether oxygens (including phenoxy) is 1. The van der Waals surface area contributed by atoms with Gasteiger partial charge in [0.1, 0.15) is 0 Å². The van der Waals surface area contributed by atoms with Crippen LogP contribution in [0.3, 0.4) is 0 Å². The predicted molar refractivity (Wildman–Crippen MR) is 48.4 cm³/mol. The van der Waals surface area contributed by atoms with E-state index in [1.54, 1.807) is 19.5 Å². The van der Waals surface area contributed by atoms with Crippen LogP contribution in [-0.2, 0) is 0 Å². The summed E-state index contributed by atoms with van der Waals surface area (Å²) in [5.74, 6) is 0.659. The molecule has 0 spiro atoms. The number of hydrogen-bond donors (Lipinski definition) is 1. The van der Waals surface area contributed by atoms with Gasteiger partial charge in [-0.3, -0.25) is 4.98 Å². The van der Waals surface area contributed by atoms with Crippen molar-refractivity contribution in [3.63, 3.8) is 0 Å². The lowest BCUT2D eigenvalue weighted by Crippen LogP contribution is -1.79. The number of pyridine rings is 1. The number of H-pyrrole nitrogens is 1. The second kappa shape index (κ2) is 3.26. The quantitative estimate of drug-likeness (QED) is 0.752. The summed E-state index contributed by atoms with van der Waals surface area (Å²) in [7, 11) is 1.60. The molecule has 2 rings (SSSR count). The van der Waals surface area contributed by atoms with Gasteiger partial charge in [-0.15, -0.1) is 0 Å². The molecule has 0 saturated heterocycles. The van der Waals surface area contributed by atoms with Crippen LogP contribution in [0.4, 0.5) is 0 Å². The molecule has 0 amide bonds. The second-order valence-corrected chi connectivity index (χ2v) is 2.56. The third-order valence-electron chi connectivity index (χ3n) is 1.75. The Morgan fingerprint density at radius 3 is 2.69 bits per heavy atom. The summed E-state index contributed by atoms with van der Waals surface area (Å²) in [6, 6.07) is 5.64. The molecule has 0 aromatic carbocycles. The average molecular weight is 175 g/mol. The van der Waals surface area contributed by atoms with E-state index in [1.165, 1.54) is 0 Å². The molecule has 1 N–H and O–H groups in total. The largest absolute Gasteiger partial charge is 0.481 e. The molecule has 0 atom stereocenters. The van der Waals surface area contributed by atoms with Crippen LogP contribution in [0.25, 0.3) is 11.3 Å². The first-order valence-electron chi connectivity index (χ1n) is 3.90. The third kappa shape index (κ3) is 1.51. The molecule has 2 aromatic heterocycles. The molecule has 66 valence electrons. The first-order chi connectivity index (χ1) is 6.40. The maximum absolute atomic E-state index is 4.98. The highest BCUT2D eigenvalue weighted by Gasteiger charge is 2.02. The number of nitrogens with zero attached hydrogens (tertiary/aromatic N) is 2. The zero-order valence-electron chi connectivity index (χ0n) is 7.19. The lowest BCUT2D eigenvalue weighted by atomic mass is 10.2. The third-order valence-corrected chi connectivity index (χ3v) is 1.75. The van der Waals surface area contributed by atoms with Gasteiger partial charge in [-0.05, 0) is 12.1 Å². The highest BCUT2D eigenvalue weighted by molar-refractivity contribution is 5.58. The Hall–Kier alpha value is -1.84. The number of aromatic amines is 1. The molecule has 4 heteroatoms. The smallest absolute Gasteiger partial charge is 0.209 e. The first-order valence-corrected chi connectivity index (χ1v) is 3.90. The molecular weight excluding hydrogens is 166 g/mol. The van der Waals surface area contributed by atoms with Gasteiger partial charge in [0.2, 0.25) is 5.88 Å². The molecule has 0 aliphatic rings. The summed E-state index contributed by atoms with van der Waals surface area (Å²) in [6.45, 7) is 0. The lowest BCUT2D eigenvalue weighted by molar-refractivity contribution is 0.397. The van der Waals surface area contributed by atoms with E-state index in [4.69, 9.17) is 4.74 Å². The number of aromatic nitrogens is 3. The van der Waals surface area contributed by atoms with Gasteiger partial charge in [-0.25, -0.2) is 5.10 Å². The zero-order chi connectivity index (χ0) is 9.10. The second-order valence-electron chi connectivity index (χ2n) is 2.56. The summed E-state index contributed by atoms with van der Waals surface area (Å²) in [4.78, 5) is 3.93. The van der Waals surface area contributed by atoms with Crippen LogP contribution < -0.4 is 4.74 Å². The van der Waals surface area contributed by atoms with Crippen molar-refractivity contribution in [3.8, 4) is 17.1 Å². The fourth-order valence-electron chi connectivity index (χ4n) is 1.08. The molecule has 0 aliphatic carbocycles. The number of rotatable bonds is 2. The average Bonchev–Trinajstić information content (AvgIpc) is 2.67. The Morgan fingerprint density at radius 2 is 2.08 bits per heavy atom. The Labute approximate surface area is 75.6 Å². The van der Waals surface area contributed by atoms with E-state index >= 15 is 0 Å². The summed E-state index contributed by atoms with van der Waals surface area (Å²) in [6.07, 6.45) is 3.47. The minimum atomic E-state index is 0.659. The molecule has 2 aromatic rings. The first kappa shape index (κ1) is 7.79. The summed E-state index contributed by atoms with van der Waals surface area (Å²) >= 11 is 0. The monoisotopic (exact) mass is 175 g/mol. The predicted octanol–water partition coefficient (Wildman–Crippen LogP) is 1.48. The Morgan fingerprint density at radius 1 is 1.31 bits per heavy atom. The zero-order valence-corrected chi connectivity index (χ0v) is 7.19. The molecule has 0 fully saturated rings. The van der Waals surface area contributed by atoms with Crippen LogP contribution >= 0.6 is 0 Å². The van der Waals surface area contributed by atoms with Gasteiger partial charge in [-0.1, -0.05) is 0 Å². The number of methoxy groups -OCH3 is 1. The van der Waals surface area contributed by atoms with Crippen molar-refractivity contribution in [3.05, 3.63) is 30.6 Å². The topological polar surface area (TPSA) is 50.8 Å². The van der Waals surface area contributed by atoms with Crippen molar-refractivity contribution in [2.75, 3.05) is 7.11 Å². The summed E-state index contributed by atoms with van der Waals surface area (Å²) in [5.41, 5.74) is 1.88. The summed E-state index contributed by atoms with van der Waals surface area (Å²) in [5, 5.41) is 6.84. The molecule has 2 heterocycles. The maximum Gasteiger partial charge on any atom is 0.209 e. The Kier molecular flexibility index (Phi) is 1.96. The minimum absolute atomic E-state index is 0.659.